The van der Waals surface area contributed by atoms with E-state index >= 15 is 0 Å². The molecule has 3 aliphatic carbocycles. The standard InChI is InChI=1S/C25H18Br2Cl2N2O3/c26-17-7-12(8-18(27)22(17)34-11-13-1-2-14(28)9-19(13)29)10-30-31-23(32)20-15-3-4-16(21(20)24(31)33)25(15)5-6-25/h1-4,7-10,15-16,20-21H,5-6,11H2/b30-10+. The van der Waals surface area contributed by atoms with Crippen LogP contribution < -0.4 is 4.74 Å². The number of rotatable bonds is 5. The molecule has 2 aromatic rings. The van der Waals surface area contributed by atoms with E-state index in [0.29, 0.717) is 30.3 Å². The van der Waals surface area contributed by atoms with Gasteiger partial charge in [0.15, 0.2) is 0 Å². The molecule has 2 amide bonds. The summed E-state index contributed by atoms with van der Waals surface area (Å²) in [6, 6.07) is 8.90. The van der Waals surface area contributed by atoms with Crippen molar-refractivity contribution >= 4 is 73.1 Å². The summed E-state index contributed by atoms with van der Waals surface area (Å²) in [4.78, 5) is 26.2. The molecule has 2 bridgehead atoms. The van der Waals surface area contributed by atoms with E-state index < -0.39 is 0 Å². The van der Waals surface area contributed by atoms with Gasteiger partial charge in [0.1, 0.15) is 12.4 Å². The van der Waals surface area contributed by atoms with Crippen molar-refractivity contribution in [3.8, 4) is 5.75 Å². The van der Waals surface area contributed by atoms with Crippen LogP contribution in [0.25, 0.3) is 0 Å². The third-order valence-corrected chi connectivity index (χ3v) is 9.32. The van der Waals surface area contributed by atoms with E-state index in [1.54, 1.807) is 12.1 Å². The quantitative estimate of drug-likeness (QED) is 0.213. The van der Waals surface area contributed by atoms with Gasteiger partial charge < -0.3 is 4.74 Å². The molecule has 4 unspecified atom stereocenters. The molecule has 174 valence electrons. The van der Waals surface area contributed by atoms with Gasteiger partial charge in [-0.1, -0.05) is 41.4 Å². The molecular formula is C25H18Br2Cl2N2O3. The van der Waals surface area contributed by atoms with Crippen molar-refractivity contribution < 1.29 is 14.3 Å². The summed E-state index contributed by atoms with van der Waals surface area (Å²) in [5.74, 6) is 0.122. The maximum Gasteiger partial charge on any atom is 0.254 e. The van der Waals surface area contributed by atoms with Crippen LogP contribution in [0.5, 0.6) is 5.75 Å². The van der Waals surface area contributed by atoms with Crippen LogP contribution >= 0.6 is 55.1 Å². The highest BCUT2D eigenvalue weighted by molar-refractivity contribution is 9.11. The smallest absolute Gasteiger partial charge is 0.254 e. The van der Waals surface area contributed by atoms with Gasteiger partial charge in [-0.25, -0.2) is 0 Å². The average Bonchev–Trinajstić information content (AvgIpc) is 3.39. The maximum atomic E-state index is 13.1. The average molecular weight is 625 g/mol. The van der Waals surface area contributed by atoms with Gasteiger partial charge in [-0.15, -0.1) is 0 Å². The second-order valence-corrected chi connectivity index (χ2v) is 11.8. The summed E-state index contributed by atoms with van der Waals surface area (Å²) < 4.78 is 7.35. The number of hydrazone groups is 1. The number of fused-ring (bicyclic) bond motifs is 3. The van der Waals surface area contributed by atoms with E-state index in [-0.39, 0.29) is 47.5 Å². The fraction of sp³-hybridized carbons (Fsp3) is 0.320. The molecular weight excluding hydrogens is 607 g/mol. The Bertz CT molecular complexity index is 1250. The first-order valence-corrected chi connectivity index (χ1v) is 13.3. The molecule has 3 fully saturated rings. The molecule has 2 saturated carbocycles. The van der Waals surface area contributed by atoms with Gasteiger partial charge in [-0.2, -0.15) is 10.1 Å². The minimum Gasteiger partial charge on any atom is -0.486 e. The first-order valence-electron chi connectivity index (χ1n) is 11.0. The lowest BCUT2D eigenvalue weighted by molar-refractivity contribution is -0.141. The molecule has 2 aromatic carbocycles. The zero-order chi connectivity index (χ0) is 23.8. The lowest BCUT2D eigenvalue weighted by Gasteiger charge is -2.18. The van der Waals surface area contributed by atoms with Crippen LogP contribution in [0.3, 0.4) is 0 Å². The van der Waals surface area contributed by atoms with Crippen molar-refractivity contribution in [1.82, 2.24) is 5.01 Å². The Hall–Kier alpha value is -1.67. The van der Waals surface area contributed by atoms with Gasteiger partial charge in [0.05, 0.1) is 27.0 Å². The molecule has 1 saturated heterocycles. The summed E-state index contributed by atoms with van der Waals surface area (Å²) >= 11 is 19.3. The molecule has 1 heterocycles. The van der Waals surface area contributed by atoms with Crippen LogP contribution in [0.4, 0.5) is 0 Å². The highest BCUT2D eigenvalue weighted by Gasteiger charge is 2.73. The summed E-state index contributed by atoms with van der Waals surface area (Å²) in [5, 5.41) is 6.47. The van der Waals surface area contributed by atoms with E-state index in [4.69, 9.17) is 27.9 Å². The Balaban J connectivity index is 1.18. The molecule has 9 heteroatoms. The number of halogens is 4. The third-order valence-electron chi connectivity index (χ3n) is 7.56. The molecule has 0 radical (unpaired) electrons. The van der Waals surface area contributed by atoms with Crippen LogP contribution in [0, 0.1) is 29.1 Å². The molecule has 6 rings (SSSR count). The van der Waals surface area contributed by atoms with Crippen molar-refractivity contribution in [2.45, 2.75) is 19.4 Å². The van der Waals surface area contributed by atoms with Crippen molar-refractivity contribution in [1.29, 1.82) is 0 Å². The predicted octanol–water partition coefficient (Wildman–Crippen LogP) is 6.63. The van der Waals surface area contributed by atoms with Crippen LogP contribution in [0.1, 0.15) is 24.0 Å². The van der Waals surface area contributed by atoms with E-state index in [1.165, 1.54) is 6.21 Å². The summed E-state index contributed by atoms with van der Waals surface area (Å²) in [6.45, 7) is 0.262. The monoisotopic (exact) mass is 622 g/mol. The Morgan fingerprint density at radius 1 is 1.03 bits per heavy atom. The largest absolute Gasteiger partial charge is 0.486 e. The van der Waals surface area contributed by atoms with E-state index in [2.05, 4.69) is 49.1 Å². The summed E-state index contributed by atoms with van der Waals surface area (Å²) in [5.41, 5.74) is 1.70. The van der Waals surface area contributed by atoms with Gasteiger partial charge >= 0.3 is 0 Å². The minimum absolute atomic E-state index is 0.174. The second-order valence-electron chi connectivity index (χ2n) is 9.29. The fourth-order valence-electron chi connectivity index (χ4n) is 5.88. The van der Waals surface area contributed by atoms with Crippen molar-refractivity contribution in [2.75, 3.05) is 0 Å². The summed E-state index contributed by atoms with van der Waals surface area (Å²) in [7, 11) is 0. The normalized spacial score (nSPS) is 27.9. The van der Waals surface area contributed by atoms with Crippen LogP contribution in [0.2, 0.25) is 10.0 Å². The van der Waals surface area contributed by atoms with Crippen LogP contribution in [-0.4, -0.2) is 23.0 Å². The number of nitrogens with zero attached hydrogens (tertiary/aromatic N) is 2. The zero-order valence-electron chi connectivity index (χ0n) is 17.7. The molecule has 4 atom stereocenters. The van der Waals surface area contributed by atoms with Gasteiger partial charge in [-0.3, -0.25) is 9.59 Å². The maximum absolute atomic E-state index is 13.1. The predicted molar refractivity (Wildman–Crippen MR) is 137 cm³/mol. The minimum atomic E-state index is -0.254. The number of carbonyl (C=O) groups excluding carboxylic acids is 2. The first kappa shape index (κ1) is 22.8. The van der Waals surface area contributed by atoms with Gasteiger partial charge in [-0.05, 0) is 91.8 Å². The first-order chi connectivity index (χ1) is 16.3. The Kier molecular flexibility index (Phi) is 5.48. The van der Waals surface area contributed by atoms with Gasteiger partial charge in [0.2, 0.25) is 0 Å². The molecule has 0 N–H and O–H groups in total. The van der Waals surface area contributed by atoms with E-state index in [9.17, 15) is 9.59 Å². The Labute approximate surface area is 223 Å². The number of imide groups is 1. The number of benzene rings is 2. The molecule has 1 spiro atoms. The third kappa shape index (κ3) is 3.42. The molecule has 5 nitrogen and oxygen atoms in total. The van der Waals surface area contributed by atoms with Gasteiger partial charge in [0.25, 0.3) is 11.8 Å². The zero-order valence-corrected chi connectivity index (χ0v) is 22.4. The molecule has 34 heavy (non-hydrogen) atoms. The Morgan fingerprint density at radius 2 is 1.65 bits per heavy atom. The molecule has 1 aliphatic heterocycles. The molecule has 4 aliphatic rings. The summed E-state index contributed by atoms with van der Waals surface area (Å²) in [6.07, 6.45) is 8.08. The Morgan fingerprint density at radius 3 is 2.21 bits per heavy atom. The number of hydrogen-bond donors (Lipinski definition) is 0. The van der Waals surface area contributed by atoms with Crippen LogP contribution in [0.15, 0.2) is 56.5 Å². The number of allylic oxidation sites excluding steroid dienone is 2. The van der Waals surface area contributed by atoms with Crippen molar-refractivity contribution in [3.05, 3.63) is 72.6 Å². The molecule has 0 aromatic heterocycles. The lowest BCUT2D eigenvalue weighted by Crippen LogP contribution is -2.30. The number of amides is 2. The fourth-order valence-corrected chi connectivity index (χ4v) is 7.80. The van der Waals surface area contributed by atoms with E-state index in [1.807, 2.05) is 18.2 Å². The number of carbonyl (C=O) groups is 2. The number of ether oxygens (including phenoxy) is 1. The van der Waals surface area contributed by atoms with Crippen molar-refractivity contribution in [2.24, 2.45) is 34.2 Å². The SMILES string of the molecule is O=C1C2C(C(=O)N1/N=C/c1cc(Br)c(OCc3ccc(Cl)cc3Cl)c(Br)c1)C1C=CC2C12CC2. The second kappa shape index (κ2) is 8.19. The van der Waals surface area contributed by atoms with Crippen LogP contribution in [-0.2, 0) is 16.2 Å². The highest BCUT2D eigenvalue weighted by atomic mass is 79.9. The van der Waals surface area contributed by atoms with Gasteiger partial charge in [0, 0.05) is 15.6 Å². The number of hydrogen-bond acceptors (Lipinski definition) is 4. The van der Waals surface area contributed by atoms with Crippen molar-refractivity contribution in [3.63, 3.8) is 0 Å². The lowest BCUT2D eigenvalue weighted by atomic mass is 9.85. The highest BCUT2D eigenvalue weighted by Crippen LogP contribution is 2.73. The van der Waals surface area contributed by atoms with E-state index in [0.717, 1.165) is 23.4 Å². The topological polar surface area (TPSA) is 59.0 Å².